The Morgan fingerprint density at radius 2 is 1.91 bits per heavy atom. The fourth-order valence-electron chi connectivity index (χ4n) is 2.12. The molecule has 0 aliphatic carbocycles. The zero-order chi connectivity index (χ0) is 16.8. The van der Waals surface area contributed by atoms with Crippen LogP contribution >= 0.6 is 0 Å². The van der Waals surface area contributed by atoms with Crippen LogP contribution in [0, 0.1) is 16.7 Å². The molecule has 0 bridgehead atoms. The van der Waals surface area contributed by atoms with Gasteiger partial charge in [-0.25, -0.2) is 4.79 Å². The molecule has 6 nitrogen and oxygen atoms in total. The molecule has 0 radical (unpaired) electrons. The van der Waals surface area contributed by atoms with E-state index >= 15 is 0 Å². The number of carbonyl (C=O) groups is 2. The van der Waals surface area contributed by atoms with Crippen LogP contribution in [0.3, 0.4) is 0 Å². The molecule has 0 aromatic carbocycles. The third-order valence-corrected chi connectivity index (χ3v) is 3.44. The molecule has 1 saturated heterocycles. The Morgan fingerprint density at radius 1 is 1.27 bits per heavy atom. The molecule has 6 heteroatoms. The van der Waals surface area contributed by atoms with Gasteiger partial charge in [0.05, 0.1) is 25.8 Å². The molecule has 1 aliphatic rings. The van der Waals surface area contributed by atoms with Crippen molar-refractivity contribution in [1.82, 2.24) is 4.90 Å². The number of ketones is 1. The molecule has 124 valence electrons. The number of unbranched alkanes of at least 4 members (excludes halogenated alkanes) is 1. The van der Waals surface area contributed by atoms with E-state index < -0.39 is 17.1 Å². The van der Waals surface area contributed by atoms with Gasteiger partial charge in [-0.1, -0.05) is 13.3 Å². The first kappa shape index (κ1) is 18.4. The number of ether oxygens (including phenoxy) is 2. The van der Waals surface area contributed by atoms with Gasteiger partial charge in [-0.15, -0.1) is 0 Å². The largest absolute Gasteiger partial charge is 0.444 e. The molecule has 0 aromatic rings. The Kier molecular flexibility index (Phi) is 6.36. The summed E-state index contributed by atoms with van der Waals surface area (Å²) in [5, 5.41) is 9.29. The summed E-state index contributed by atoms with van der Waals surface area (Å²) in [6, 6.07) is 2.06. The maximum atomic E-state index is 12.2. The number of Topliss-reactive ketones (excluding diaryl/α,β-unsaturated/α-hetero) is 1. The first-order chi connectivity index (χ1) is 10.2. The van der Waals surface area contributed by atoms with Crippen molar-refractivity contribution >= 4 is 11.9 Å². The lowest BCUT2D eigenvalue weighted by molar-refractivity contribution is -0.134. The monoisotopic (exact) mass is 310 g/mol. The molecule has 0 saturated carbocycles. The molecule has 0 unspecified atom stereocenters. The minimum absolute atomic E-state index is 0.103. The van der Waals surface area contributed by atoms with Crippen molar-refractivity contribution in [3.63, 3.8) is 0 Å². The molecule has 0 aromatic heterocycles. The van der Waals surface area contributed by atoms with E-state index in [4.69, 9.17) is 9.47 Å². The van der Waals surface area contributed by atoms with Crippen molar-refractivity contribution in [3.05, 3.63) is 0 Å². The molecule has 22 heavy (non-hydrogen) atoms. The second kappa shape index (κ2) is 7.59. The molecule has 1 heterocycles. The number of hydrogen-bond donors (Lipinski definition) is 0. The fourth-order valence-corrected chi connectivity index (χ4v) is 2.12. The quantitative estimate of drug-likeness (QED) is 0.675. The lowest BCUT2D eigenvalue weighted by Crippen LogP contribution is -2.62. The smallest absolute Gasteiger partial charge is 0.410 e. The summed E-state index contributed by atoms with van der Waals surface area (Å²) in [5.74, 6) is -0.161. The molecule has 1 rings (SSSR count). The van der Waals surface area contributed by atoms with Crippen LogP contribution in [0.25, 0.3) is 0 Å². The Hall–Kier alpha value is -1.61. The number of amides is 1. The summed E-state index contributed by atoms with van der Waals surface area (Å²) < 4.78 is 10.6. The zero-order valence-corrected chi connectivity index (χ0v) is 14.0. The van der Waals surface area contributed by atoms with E-state index in [0.717, 1.165) is 12.8 Å². The van der Waals surface area contributed by atoms with Gasteiger partial charge >= 0.3 is 6.09 Å². The van der Waals surface area contributed by atoms with Gasteiger partial charge in [0.2, 0.25) is 0 Å². The summed E-state index contributed by atoms with van der Waals surface area (Å²) in [7, 11) is 0. The van der Waals surface area contributed by atoms with Gasteiger partial charge in [0.1, 0.15) is 5.60 Å². The average Bonchev–Trinajstić information content (AvgIpc) is 2.35. The van der Waals surface area contributed by atoms with Crippen molar-refractivity contribution in [1.29, 1.82) is 5.26 Å². The van der Waals surface area contributed by atoms with Crippen LogP contribution < -0.4 is 0 Å². The Balaban J connectivity index is 2.41. The maximum Gasteiger partial charge on any atom is 0.410 e. The summed E-state index contributed by atoms with van der Waals surface area (Å²) in [6.45, 7) is 8.57. The van der Waals surface area contributed by atoms with E-state index in [1.54, 1.807) is 20.8 Å². The summed E-state index contributed by atoms with van der Waals surface area (Å²) in [6.07, 6.45) is 1.73. The van der Waals surface area contributed by atoms with E-state index in [1.807, 2.05) is 0 Å². The number of rotatable bonds is 7. The van der Waals surface area contributed by atoms with Crippen LogP contribution in [0.15, 0.2) is 0 Å². The van der Waals surface area contributed by atoms with Gasteiger partial charge in [-0.2, -0.15) is 5.26 Å². The molecule has 1 amide bonds. The average molecular weight is 310 g/mol. The Morgan fingerprint density at radius 3 is 2.41 bits per heavy atom. The summed E-state index contributed by atoms with van der Waals surface area (Å²) >= 11 is 0. The third kappa shape index (κ3) is 4.99. The minimum Gasteiger partial charge on any atom is -0.444 e. The van der Waals surface area contributed by atoms with Crippen molar-refractivity contribution in [2.45, 2.75) is 52.6 Å². The zero-order valence-electron chi connectivity index (χ0n) is 14.0. The van der Waals surface area contributed by atoms with Crippen LogP contribution in [0.4, 0.5) is 4.79 Å². The maximum absolute atomic E-state index is 12.2. The predicted octanol–water partition coefficient (Wildman–Crippen LogP) is 2.52. The highest BCUT2D eigenvalue weighted by molar-refractivity contribution is 5.91. The normalized spacial score (nSPS) is 16.6. The van der Waals surface area contributed by atoms with Crippen LogP contribution in [0.2, 0.25) is 0 Å². The van der Waals surface area contributed by atoms with E-state index in [-0.39, 0.29) is 25.3 Å². The number of nitrogens with zero attached hydrogens (tertiary/aromatic N) is 2. The van der Waals surface area contributed by atoms with Crippen LogP contribution in [-0.2, 0) is 14.3 Å². The van der Waals surface area contributed by atoms with Gasteiger partial charge in [0.25, 0.3) is 0 Å². The molecule has 0 atom stereocenters. The van der Waals surface area contributed by atoms with Crippen molar-refractivity contribution in [2.75, 3.05) is 26.3 Å². The van der Waals surface area contributed by atoms with Crippen LogP contribution in [0.5, 0.6) is 0 Å². The molecule has 1 aliphatic heterocycles. The van der Waals surface area contributed by atoms with Crippen LogP contribution in [0.1, 0.15) is 47.0 Å². The highest BCUT2D eigenvalue weighted by Gasteiger charge is 2.51. The SMILES string of the molecule is CCCCOCCC(=O)C1(C#N)CN(C(=O)OC(C)(C)C)C1. The minimum atomic E-state index is -1.09. The lowest BCUT2D eigenvalue weighted by Gasteiger charge is -2.44. The number of hydrogen-bond acceptors (Lipinski definition) is 5. The first-order valence-electron chi connectivity index (χ1n) is 7.74. The van der Waals surface area contributed by atoms with Crippen molar-refractivity contribution in [2.24, 2.45) is 5.41 Å². The van der Waals surface area contributed by atoms with Crippen LogP contribution in [-0.4, -0.2) is 48.7 Å². The van der Waals surface area contributed by atoms with Gasteiger partial charge in [0.15, 0.2) is 11.2 Å². The highest BCUT2D eigenvalue weighted by Crippen LogP contribution is 2.33. The molecule has 0 spiro atoms. The fraction of sp³-hybridized carbons (Fsp3) is 0.812. The first-order valence-corrected chi connectivity index (χ1v) is 7.74. The molecular formula is C16H26N2O4. The van der Waals surface area contributed by atoms with E-state index in [2.05, 4.69) is 13.0 Å². The van der Waals surface area contributed by atoms with E-state index in [0.29, 0.717) is 13.2 Å². The lowest BCUT2D eigenvalue weighted by atomic mass is 9.76. The standard InChI is InChI=1S/C16H26N2O4/c1-5-6-8-21-9-7-13(19)16(10-17)11-18(12-16)14(20)22-15(2,3)4/h5-9,11-12H2,1-4H3. The highest BCUT2D eigenvalue weighted by atomic mass is 16.6. The van der Waals surface area contributed by atoms with E-state index in [1.165, 1.54) is 4.90 Å². The van der Waals surface area contributed by atoms with Gasteiger partial charge in [-0.3, -0.25) is 4.79 Å². The topological polar surface area (TPSA) is 79.6 Å². The summed E-state index contributed by atoms with van der Waals surface area (Å²) in [5.41, 5.74) is -1.68. The number of carbonyl (C=O) groups excluding carboxylic acids is 2. The van der Waals surface area contributed by atoms with Crippen molar-refractivity contribution < 1.29 is 19.1 Å². The van der Waals surface area contributed by atoms with Gasteiger partial charge < -0.3 is 14.4 Å². The number of nitriles is 1. The number of likely N-dealkylation sites (tertiary alicyclic amines) is 1. The predicted molar refractivity (Wildman–Crippen MR) is 81.2 cm³/mol. The summed E-state index contributed by atoms with van der Waals surface area (Å²) in [4.78, 5) is 25.4. The molecular weight excluding hydrogens is 284 g/mol. The van der Waals surface area contributed by atoms with Gasteiger partial charge in [0, 0.05) is 13.0 Å². The third-order valence-electron chi connectivity index (χ3n) is 3.44. The van der Waals surface area contributed by atoms with E-state index in [9.17, 15) is 14.9 Å². The molecule has 1 fully saturated rings. The molecule has 0 N–H and O–H groups in total. The second-order valence-electron chi connectivity index (χ2n) is 6.67. The van der Waals surface area contributed by atoms with Crippen molar-refractivity contribution in [3.8, 4) is 6.07 Å². The Labute approximate surface area is 132 Å². The Bertz CT molecular complexity index is 442. The van der Waals surface area contributed by atoms with Gasteiger partial charge in [-0.05, 0) is 27.2 Å². The second-order valence-corrected chi connectivity index (χ2v) is 6.67.